The lowest BCUT2D eigenvalue weighted by atomic mass is 9.72. The van der Waals surface area contributed by atoms with Crippen molar-refractivity contribution in [1.82, 2.24) is 0 Å². The second-order valence-electron chi connectivity index (χ2n) is 3.76. The third-order valence-corrected chi connectivity index (χ3v) is 3.81. The summed E-state index contributed by atoms with van der Waals surface area (Å²) in [7, 11) is 0. The molecule has 0 bridgehead atoms. The average Bonchev–Trinajstić information content (AvgIpc) is 2.07. The van der Waals surface area contributed by atoms with Gasteiger partial charge < -0.3 is 5.73 Å². The van der Waals surface area contributed by atoms with Crippen LogP contribution in [0.1, 0.15) is 24.8 Å². The third kappa shape index (κ3) is 1.64. The second kappa shape index (κ2) is 3.58. The number of halogens is 3. The van der Waals surface area contributed by atoms with Crippen molar-refractivity contribution in [1.29, 1.82) is 0 Å². The highest BCUT2D eigenvalue weighted by Gasteiger charge is 2.37. The highest BCUT2D eigenvalue weighted by molar-refractivity contribution is 9.11. The zero-order chi connectivity index (χ0) is 10.3. The third-order valence-electron chi connectivity index (χ3n) is 2.78. The van der Waals surface area contributed by atoms with Gasteiger partial charge in [-0.05, 0) is 47.3 Å². The quantitative estimate of drug-likeness (QED) is 0.784. The van der Waals surface area contributed by atoms with Crippen molar-refractivity contribution in [3.05, 3.63) is 32.5 Å². The van der Waals surface area contributed by atoms with E-state index in [2.05, 4.69) is 31.9 Å². The lowest BCUT2D eigenvalue weighted by molar-refractivity contribution is 0.244. The van der Waals surface area contributed by atoms with E-state index in [9.17, 15) is 4.39 Å². The Kier molecular flexibility index (Phi) is 2.70. The number of benzene rings is 1. The van der Waals surface area contributed by atoms with Crippen LogP contribution >= 0.6 is 31.9 Å². The van der Waals surface area contributed by atoms with E-state index in [1.807, 2.05) is 0 Å². The molecule has 0 heterocycles. The van der Waals surface area contributed by atoms with Crippen LogP contribution in [0, 0.1) is 5.82 Å². The van der Waals surface area contributed by atoms with Crippen LogP contribution in [-0.4, -0.2) is 0 Å². The van der Waals surface area contributed by atoms with Gasteiger partial charge in [-0.15, -0.1) is 0 Å². The van der Waals surface area contributed by atoms with Crippen LogP contribution < -0.4 is 5.73 Å². The van der Waals surface area contributed by atoms with Gasteiger partial charge >= 0.3 is 0 Å². The maximum absolute atomic E-state index is 13.8. The van der Waals surface area contributed by atoms with E-state index >= 15 is 0 Å². The van der Waals surface area contributed by atoms with Crippen molar-refractivity contribution >= 4 is 31.9 Å². The molecule has 14 heavy (non-hydrogen) atoms. The fourth-order valence-electron chi connectivity index (χ4n) is 1.75. The van der Waals surface area contributed by atoms with Crippen LogP contribution in [0.3, 0.4) is 0 Å². The molecule has 1 aliphatic carbocycles. The van der Waals surface area contributed by atoms with Gasteiger partial charge in [0.2, 0.25) is 0 Å². The molecule has 0 spiro atoms. The molecule has 0 amide bonds. The fraction of sp³-hybridized carbons (Fsp3) is 0.400. The van der Waals surface area contributed by atoms with E-state index in [1.54, 1.807) is 12.1 Å². The molecule has 0 aromatic heterocycles. The highest BCUT2D eigenvalue weighted by atomic mass is 79.9. The molecule has 2 rings (SSSR count). The van der Waals surface area contributed by atoms with Crippen LogP contribution in [0.25, 0.3) is 0 Å². The van der Waals surface area contributed by atoms with Gasteiger partial charge in [-0.1, -0.05) is 15.9 Å². The predicted octanol–water partition coefficient (Wildman–Crippen LogP) is 3.69. The molecule has 1 saturated carbocycles. The van der Waals surface area contributed by atoms with Crippen molar-refractivity contribution in [3.8, 4) is 0 Å². The lowest BCUT2D eigenvalue weighted by Crippen LogP contribution is -2.44. The Morgan fingerprint density at radius 2 is 1.93 bits per heavy atom. The molecule has 1 nitrogen and oxygen atoms in total. The predicted molar refractivity (Wildman–Crippen MR) is 61.5 cm³/mol. The van der Waals surface area contributed by atoms with Gasteiger partial charge in [-0.25, -0.2) is 4.39 Å². The van der Waals surface area contributed by atoms with E-state index in [4.69, 9.17) is 5.73 Å². The summed E-state index contributed by atoms with van der Waals surface area (Å²) in [5.74, 6) is -0.226. The molecule has 1 aromatic carbocycles. The second-order valence-corrected chi connectivity index (χ2v) is 5.53. The summed E-state index contributed by atoms with van der Waals surface area (Å²) in [6, 6.07) is 3.47. The molecule has 0 aliphatic heterocycles. The van der Waals surface area contributed by atoms with Crippen LogP contribution in [0.5, 0.6) is 0 Å². The van der Waals surface area contributed by atoms with E-state index in [-0.39, 0.29) is 5.82 Å². The highest BCUT2D eigenvalue weighted by Crippen LogP contribution is 2.42. The van der Waals surface area contributed by atoms with E-state index in [0.29, 0.717) is 10.0 Å². The van der Waals surface area contributed by atoms with Crippen molar-refractivity contribution in [2.24, 2.45) is 5.73 Å². The Hall–Kier alpha value is 0.0700. The summed E-state index contributed by atoms with van der Waals surface area (Å²) in [6.45, 7) is 0. The molecule has 2 N–H and O–H groups in total. The first kappa shape index (κ1) is 10.6. The van der Waals surface area contributed by atoms with E-state index in [1.165, 1.54) is 0 Å². The number of nitrogens with two attached hydrogens (primary N) is 1. The summed E-state index contributed by atoms with van der Waals surface area (Å²) in [5.41, 5.74) is 6.25. The SMILES string of the molecule is NC1(c2cc(Br)cc(Br)c2F)CCC1. The normalized spacial score (nSPS) is 19.1. The summed E-state index contributed by atoms with van der Waals surface area (Å²) >= 11 is 6.52. The zero-order valence-electron chi connectivity index (χ0n) is 7.49. The molecular weight excluding hydrogens is 313 g/mol. The maximum Gasteiger partial charge on any atom is 0.142 e. The minimum atomic E-state index is -0.448. The maximum atomic E-state index is 13.8. The minimum absolute atomic E-state index is 0.226. The molecule has 76 valence electrons. The molecule has 1 aliphatic rings. The lowest BCUT2D eigenvalue weighted by Gasteiger charge is -2.39. The summed E-state index contributed by atoms with van der Waals surface area (Å²) in [6.07, 6.45) is 2.82. The zero-order valence-corrected chi connectivity index (χ0v) is 10.7. The monoisotopic (exact) mass is 321 g/mol. The van der Waals surface area contributed by atoms with E-state index in [0.717, 1.165) is 23.7 Å². The van der Waals surface area contributed by atoms with Gasteiger partial charge in [-0.3, -0.25) is 0 Å². The average molecular weight is 323 g/mol. The molecule has 0 atom stereocenters. The number of hydrogen-bond donors (Lipinski definition) is 1. The van der Waals surface area contributed by atoms with Crippen LogP contribution in [0.4, 0.5) is 4.39 Å². The van der Waals surface area contributed by atoms with Gasteiger partial charge in [-0.2, -0.15) is 0 Å². The molecule has 0 unspecified atom stereocenters. The number of rotatable bonds is 1. The standard InChI is InChI=1S/C10H10Br2FN/c11-6-4-7(9(13)8(12)5-6)10(14)2-1-3-10/h4-5H,1-3,14H2. The summed E-state index contributed by atoms with van der Waals surface area (Å²) < 4.78 is 15.1. The fourth-order valence-corrected chi connectivity index (χ4v) is 2.97. The topological polar surface area (TPSA) is 26.0 Å². The Labute approximate surface area is 99.1 Å². The van der Waals surface area contributed by atoms with Gasteiger partial charge in [0.1, 0.15) is 5.82 Å². The summed E-state index contributed by atoms with van der Waals surface area (Å²) in [4.78, 5) is 0. The minimum Gasteiger partial charge on any atom is -0.321 e. The van der Waals surface area contributed by atoms with Crippen LogP contribution in [-0.2, 0) is 5.54 Å². The van der Waals surface area contributed by atoms with Crippen LogP contribution in [0.15, 0.2) is 21.1 Å². The summed E-state index contributed by atoms with van der Waals surface area (Å²) in [5, 5.41) is 0. The smallest absolute Gasteiger partial charge is 0.142 e. The first-order chi connectivity index (χ1) is 6.53. The molecule has 0 saturated heterocycles. The van der Waals surface area contributed by atoms with E-state index < -0.39 is 5.54 Å². The van der Waals surface area contributed by atoms with Gasteiger partial charge in [0.25, 0.3) is 0 Å². The van der Waals surface area contributed by atoms with Gasteiger partial charge in [0, 0.05) is 15.6 Å². The molecule has 1 aromatic rings. The van der Waals surface area contributed by atoms with Crippen molar-refractivity contribution in [3.63, 3.8) is 0 Å². The largest absolute Gasteiger partial charge is 0.321 e. The Bertz CT molecular complexity index is 375. The molecule has 0 radical (unpaired) electrons. The van der Waals surface area contributed by atoms with Crippen molar-refractivity contribution in [2.75, 3.05) is 0 Å². The Morgan fingerprint density at radius 3 is 2.43 bits per heavy atom. The number of hydrogen-bond acceptors (Lipinski definition) is 1. The van der Waals surface area contributed by atoms with Gasteiger partial charge in [0.05, 0.1) is 4.47 Å². The van der Waals surface area contributed by atoms with Crippen LogP contribution in [0.2, 0.25) is 0 Å². The van der Waals surface area contributed by atoms with Gasteiger partial charge in [0.15, 0.2) is 0 Å². The first-order valence-electron chi connectivity index (χ1n) is 4.47. The van der Waals surface area contributed by atoms with Crippen molar-refractivity contribution < 1.29 is 4.39 Å². The molecule has 1 fully saturated rings. The first-order valence-corrected chi connectivity index (χ1v) is 6.05. The Balaban J connectivity index is 2.51. The molecular formula is C10H10Br2FN. The Morgan fingerprint density at radius 1 is 1.29 bits per heavy atom. The molecule has 4 heteroatoms. The van der Waals surface area contributed by atoms with Crippen molar-refractivity contribution in [2.45, 2.75) is 24.8 Å².